The standard InChI is InChI=1S/C19H28N2O3/c1-6-20(15-10-7-9-14(2)13-15)17(22)16-11-8-12-21(16)18(23)24-19(3,4)5/h7,9-10,13,16H,6,8,11-12H2,1-5H3. The van der Waals surface area contributed by atoms with Crippen molar-refractivity contribution in [1.29, 1.82) is 0 Å². The molecule has 1 fully saturated rings. The lowest BCUT2D eigenvalue weighted by atomic mass is 10.1. The quantitative estimate of drug-likeness (QED) is 0.847. The summed E-state index contributed by atoms with van der Waals surface area (Å²) in [7, 11) is 0. The van der Waals surface area contributed by atoms with Crippen molar-refractivity contribution in [2.24, 2.45) is 0 Å². The van der Waals surface area contributed by atoms with Crippen LogP contribution >= 0.6 is 0 Å². The van der Waals surface area contributed by atoms with Gasteiger partial charge >= 0.3 is 6.09 Å². The van der Waals surface area contributed by atoms with E-state index in [-0.39, 0.29) is 5.91 Å². The van der Waals surface area contributed by atoms with E-state index in [0.717, 1.165) is 17.7 Å². The van der Waals surface area contributed by atoms with Gasteiger partial charge in [0.15, 0.2) is 0 Å². The molecule has 0 spiro atoms. The van der Waals surface area contributed by atoms with Crippen molar-refractivity contribution >= 4 is 17.7 Å². The molecule has 1 aliphatic heterocycles. The minimum Gasteiger partial charge on any atom is -0.444 e. The third kappa shape index (κ3) is 4.28. The molecule has 0 N–H and O–H groups in total. The first-order valence-electron chi connectivity index (χ1n) is 8.60. The highest BCUT2D eigenvalue weighted by Crippen LogP contribution is 2.25. The molecule has 24 heavy (non-hydrogen) atoms. The largest absolute Gasteiger partial charge is 0.444 e. The van der Waals surface area contributed by atoms with Gasteiger partial charge < -0.3 is 9.64 Å². The summed E-state index contributed by atoms with van der Waals surface area (Å²) in [5.74, 6) is -0.0357. The third-order valence-corrected chi connectivity index (χ3v) is 4.06. The fourth-order valence-electron chi connectivity index (χ4n) is 3.00. The summed E-state index contributed by atoms with van der Waals surface area (Å²) in [4.78, 5) is 28.8. The molecule has 0 radical (unpaired) electrons. The number of amides is 2. The van der Waals surface area contributed by atoms with E-state index in [1.54, 1.807) is 9.80 Å². The summed E-state index contributed by atoms with van der Waals surface area (Å²) in [6.07, 6.45) is 1.10. The highest BCUT2D eigenvalue weighted by Gasteiger charge is 2.38. The van der Waals surface area contributed by atoms with Gasteiger partial charge in [-0.3, -0.25) is 9.69 Å². The van der Waals surface area contributed by atoms with Crippen molar-refractivity contribution in [3.63, 3.8) is 0 Å². The number of carbonyl (C=O) groups excluding carboxylic acids is 2. The first-order chi connectivity index (χ1) is 11.2. The summed E-state index contributed by atoms with van der Waals surface area (Å²) >= 11 is 0. The Labute approximate surface area is 144 Å². The maximum Gasteiger partial charge on any atom is 0.410 e. The van der Waals surface area contributed by atoms with E-state index in [4.69, 9.17) is 4.74 Å². The maximum absolute atomic E-state index is 13.0. The number of ether oxygens (including phenoxy) is 1. The minimum absolute atomic E-state index is 0.0357. The van der Waals surface area contributed by atoms with Crippen LogP contribution in [0.25, 0.3) is 0 Å². The van der Waals surface area contributed by atoms with Crippen molar-refractivity contribution in [3.8, 4) is 0 Å². The summed E-state index contributed by atoms with van der Waals surface area (Å²) in [6, 6.07) is 7.43. The molecule has 1 atom stereocenters. The van der Waals surface area contributed by atoms with Gasteiger partial charge in [0.1, 0.15) is 11.6 Å². The number of hydrogen-bond donors (Lipinski definition) is 0. The van der Waals surface area contributed by atoms with Crippen LogP contribution in [0.5, 0.6) is 0 Å². The Bertz CT molecular complexity index is 607. The molecule has 5 nitrogen and oxygen atoms in total. The Morgan fingerprint density at radius 3 is 2.62 bits per heavy atom. The number of nitrogens with zero attached hydrogens (tertiary/aromatic N) is 2. The Hall–Kier alpha value is -2.04. The van der Waals surface area contributed by atoms with Crippen LogP contribution in [0.2, 0.25) is 0 Å². The minimum atomic E-state index is -0.561. The number of benzene rings is 1. The second-order valence-corrected chi connectivity index (χ2v) is 7.25. The van der Waals surface area contributed by atoms with Crippen LogP contribution < -0.4 is 4.90 Å². The van der Waals surface area contributed by atoms with Gasteiger partial charge in [0, 0.05) is 18.8 Å². The molecule has 5 heteroatoms. The van der Waals surface area contributed by atoms with Gasteiger partial charge in [-0.25, -0.2) is 4.79 Å². The molecule has 1 unspecified atom stereocenters. The fourth-order valence-corrected chi connectivity index (χ4v) is 3.00. The fraction of sp³-hybridized carbons (Fsp3) is 0.579. The summed E-state index contributed by atoms with van der Waals surface area (Å²) in [5, 5.41) is 0. The second-order valence-electron chi connectivity index (χ2n) is 7.25. The van der Waals surface area contributed by atoms with Crippen LogP contribution in [0.3, 0.4) is 0 Å². The molecule has 2 rings (SSSR count). The van der Waals surface area contributed by atoms with E-state index < -0.39 is 17.7 Å². The smallest absolute Gasteiger partial charge is 0.410 e. The van der Waals surface area contributed by atoms with E-state index in [9.17, 15) is 9.59 Å². The van der Waals surface area contributed by atoms with Gasteiger partial charge in [-0.05, 0) is 65.2 Å². The Balaban J connectivity index is 2.18. The molecule has 2 amide bonds. The van der Waals surface area contributed by atoms with Crippen LogP contribution in [-0.4, -0.2) is 41.6 Å². The normalized spacial score (nSPS) is 17.7. The predicted molar refractivity (Wildman–Crippen MR) is 95.2 cm³/mol. The van der Waals surface area contributed by atoms with Gasteiger partial charge in [-0.2, -0.15) is 0 Å². The van der Waals surface area contributed by atoms with Crippen LogP contribution in [-0.2, 0) is 9.53 Å². The van der Waals surface area contributed by atoms with E-state index >= 15 is 0 Å². The lowest BCUT2D eigenvalue weighted by molar-refractivity contribution is -0.122. The molecular weight excluding hydrogens is 304 g/mol. The van der Waals surface area contributed by atoms with E-state index in [1.807, 2.05) is 58.9 Å². The van der Waals surface area contributed by atoms with Gasteiger partial charge in [-0.1, -0.05) is 12.1 Å². The van der Waals surface area contributed by atoms with Crippen molar-refractivity contribution in [1.82, 2.24) is 4.90 Å². The molecule has 1 heterocycles. The molecule has 1 aromatic rings. The van der Waals surface area contributed by atoms with Crippen molar-refractivity contribution < 1.29 is 14.3 Å². The van der Waals surface area contributed by atoms with Crippen LogP contribution in [0.15, 0.2) is 24.3 Å². The molecule has 0 aromatic heterocycles. The number of carbonyl (C=O) groups is 2. The number of rotatable bonds is 3. The zero-order valence-electron chi connectivity index (χ0n) is 15.3. The summed E-state index contributed by atoms with van der Waals surface area (Å²) in [5.41, 5.74) is 1.42. The van der Waals surface area contributed by atoms with E-state index in [1.165, 1.54) is 0 Å². The van der Waals surface area contributed by atoms with E-state index in [2.05, 4.69) is 0 Å². The number of likely N-dealkylation sites (tertiary alicyclic amines) is 1. The van der Waals surface area contributed by atoms with Gasteiger partial charge in [0.25, 0.3) is 0 Å². The van der Waals surface area contributed by atoms with Crippen LogP contribution in [0.4, 0.5) is 10.5 Å². The van der Waals surface area contributed by atoms with Crippen molar-refractivity contribution in [2.75, 3.05) is 18.0 Å². The third-order valence-electron chi connectivity index (χ3n) is 4.06. The first kappa shape index (κ1) is 18.3. The molecule has 1 aromatic carbocycles. The SMILES string of the molecule is CCN(C(=O)C1CCCN1C(=O)OC(C)(C)C)c1cccc(C)c1. The van der Waals surface area contributed by atoms with Crippen LogP contribution in [0, 0.1) is 6.92 Å². The summed E-state index contributed by atoms with van der Waals surface area (Å²) < 4.78 is 5.46. The van der Waals surface area contributed by atoms with Crippen LogP contribution in [0.1, 0.15) is 46.1 Å². The Kier molecular flexibility index (Phi) is 5.52. The van der Waals surface area contributed by atoms with E-state index in [0.29, 0.717) is 19.5 Å². The highest BCUT2D eigenvalue weighted by atomic mass is 16.6. The molecule has 0 aliphatic carbocycles. The number of aryl methyl sites for hydroxylation is 1. The molecule has 0 saturated carbocycles. The molecule has 0 bridgehead atoms. The second kappa shape index (κ2) is 7.24. The molecular formula is C19H28N2O3. The average Bonchev–Trinajstić information content (AvgIpc) is 2.95. The predicted octanol–water partition coefficient (Wildman–Crippen LogP) is 3.75. The van der Waals surface area contributed by atoms with Crippen molar-refractivity contribution in [2.45, 2.75) is 59.1 Å². The highest BCUT2D eigenvalue weighted by molar-refractivity contribution is 5.99. The zero-order valence-corrected chi connectivity index (χ0v) is 15.3. The Morgan fingerprint density at radius 2 is 2.04 bits per heavy atom. The Morgan fingerprint density at radius 1 is 1.33 bits per heavy atom. The zero-order chi connectivity index (χ0) is 17.9. The molecule has 132 valence electrons. The molecule has 1 aliphatic rings. The van der Waals surface area contributed by atoms with Gasteiger partial charge in [-0.15, -0.1) is 0 Å². The first-order valence-corrected chi connectivity index (χ1v) is 8.60. The summed E-state index contributed by atoms with van der Waals surface area (Å²) in [6.45, 7) is 10.6. The number of hydrogen-bond acceptors (Lipinski definition) is 3. The van der Waals surface area contributed by atoms with Crippen molar-refractivity contribution in [3.05, 3.63) is 29.8 Å². The lowest BCUT2D eigenvalue weighted by Gasteiger charge is -2.31. The lowest BCUT2D eigenvalue weighted by Crippen LogP contribution is -2.49. The van der Waals surface area contributed by atoms with Gasteiger partial charge in [0.05, 0.1) is 0 Å². The molecule has 1 saturated heterocycles. The topological polar surface area (TPSA) is 49.9 Å². The average molecular weight is 332 g/mol. The number of likely N-dealkylation sites (N-methyl/N-ethyl adjacent to an activating group) is 1. The monoisotopic (exact) mass is 332 g/mol. The number of anilines is 1. The van der Waals surface area contributed by atoms with Gasteiger partial charge in [0.2, 0.25) is 5.91 Å². The maximum atomic E-state index is 13.0.